The predicted molar refractivity (Wildman–Crippen MR) is 106 cm³/mol. The second-order valence-corrected chi connectivity index (χ2v) is 7.04. The van der Waals surface area contributed by atoms with Crippen molar-refractivity contribution in [1.82, 2.24) is 20.6 Å². The van der Waals surface area contributed by atoms with E-state index in [9.17, 15) is 9.59 Å². The highest BCUT2D eigenvalue weighted by molar-refractivity contribution is 7.15. The number of carbonyl (C=O) groups excluding carboxylic acids is 2. The molecule has 1 aromatic carbocycles. The first-order chi connectivity index (χ1) is 13.1. The molecule has 8 nitrogen and oxygen atoms in total. The molecule has 0 saturated heterocycles. The van der Waals surface area contributed by atoms with Crippen LogP contribution in [0.3, 0.4) is 0 Å². The SMILES string of the molecule is CCCC(=O)Nc1nnc(CC(=O)N/N=C\c2c(C)[nH]c3ccccc23)s1. The van der Waals surface area contributed by atoms with Crippen LogP contribution in [0.1, 0.15) is 36.0 Å². The van der Waals surface area contributed by atoms with Crippen LogP contribution < -0.4 is 10.7 Å². The number of fused-ring (bicyclic) bond motifs is 1. The third-order valence-electron chi connectivity index (χ3n) is 3.83. The van der Waals surface area contributed by atoms with E-state index in [4.69, 9.17) is 0 Å². The van der Waals surface area contributed by atoms with Gasteiger partial charge in [-0.3, -0.25) is 9.59 Å². The number of rotatable bonds is 7. The van der Waals surface area contributed by atoms with Crippen molar-refractivity contribution in [3.05, 3.63) is 40.5 Å². The van der Waals surface area contributed by atoms with Gasteiger partial charge in [0.15, 0.2) is 0 Å². The van der Waals surface area contributed by atoms with E-state index >= 15 is 0 Å². The van der Waals surface area contributed by atoms with Gasteiger partial charge in [0.25, 0.3) is 0 Å². The Labute approximate surface area is 160 Å². The Hall–Kier alpha value is -3.07. The highest BCUT2D eigenvalue weighted by Crippen LogP contribution is 2.20. The van der Waals surface area contributed by atoms with Crippen molar-refractivity contribution in [3.8, 4) is 0 Å². The number of benzene rings is 1. The molecule has 0 fully saturated rings. The quantitative estimate of drug-likeness (QED) is 0.429. The Morgan fingerprint density at radius 3 is 2.89 bits per heavy atom. The summed E-state index contributed by atoms with van der Waals surface area (Å²) < 4.78 is 0. The number of aryl methyl sites for hydroxylation is 1. The fourth-order valence-electron chi connectivity index (χ4n) is 2.59. The lowest BCUT2D eigenvalue weighted by atomic mass is 10.1. The topological polar surface area (TPSA) is 112 Å². The van der Waals surface area contributed by atoms with E-state index < -0.39 is 0 Å². The van der Waals surface area contributed by atoms with E-state index in [0.29, 0.717) is 16.6 Å². The van der Waals surface area contributed by atoms with Gasteiger partial charge >= 0.3 is 0 Å². The van der Waals surface area contributed by atoms with Crippen molar-refractivity contribution >= 4 is 45.4 Å². The van der Waals surface area contributed by atoms with Crippen LogP contribution in [0.15, 0.2) is 29.4 Å². The monoisotopic (exact) mass is 384 g/mol. The van der Waals surface area contributed by atoms with Crippen LogP contribution in [-0.4, -0.2) is 33.2 Å². The summed E-state index contributed by atoms with van der Waals surface area (Å²) in [5, 5.41) is 16.5. The van der Waals surface area contributed by atoms with Gasteiger partial charge < -0.3 is 10.3 Å². The van der Waals surface area contributed by atoms with Crippen LogP contribution in [0.2, 0.25) is 0 Å². The molecule has 27 heavy (non-hydrogen) atoms. The average molecular weight is 384 g/mol. The molecular weight excluding hydrogens is 364 g/mol. The summed E-state index contributed by atoms with van der Waals surface area (Å²) in [6.45, 7) is 3.88. The maximum atomic E-state index is 12.0. The molecule has 0 atom stereocenters. The molecule has 9 heteroatoms. The zero-order valence-electron chi connectivity index (χ0n) is 15.1. The number of aromatic nitrogens is 3. The van der Waals surface area contributed by atoms with Crippen LogP contribution in [0, 0.1) is 6.92 Å². The van der Waals surface area contributed by atoms with Crippen molar-refractivity contribution in [2.45, 2.75) is 33.1 Å². The fraction of sp³-hybridized carbons (Fsp3) is 0.278. The maximum Gasteiger partial charge on any atom is 0.247 e. The second-order valence-electron chi connectivity index (χ2n) is 5.98. The smallest absolute Gasteiger partial charge is 0.247 e. The van der Waals surface area contributed by atoms with Gasteiger partial charge in [-0.15, -0.1) is 10.2 Å². The van der Waals surface area contributed by atoms with Gasteiger partial charge in [-0.25, -0.2) is 5.43 Å². The Bertz CT molecular complexity index is 991. The van der Waals surface area contributed by atoms with Crippen molar-refractivity contribution in [3.63, 3.8) is 0 Å². The minimum Gasteiger partial charge on any atom is -0.358 e. The Morgan fingerprint density at radius 1 is 1.26 bits per heavy atom. The number of para-hydroxylation sites is 1. The van der Waals surface area contributed by atoms with Gasteiger partial charge in [0.2, 0.25) is 16.9 Å². The van der Waals surface area contributed by atoms with Crippen molar-refractivity contribution in [2.75, 3.05) is 5.32 Å². The van der Waals surface area contributed by atoms with Gasteiger partial charge in [-0.05, 0) is 19.4 Å². The summed E-state index contributed by atoms with van der Waals surface area (Å²) >= 11 is 1.18. The summed E-state index contributed by atoms with van der Waals surface area (Å²) in [7, 11) is 0. The van der Waals surface area contributed by atoms with Crippen LogP contribution in [0.5, 0.6) is 0 Å². The first kappa shape index (κ1) is 18.7. The Kier molecular flexibility index (Phi) is 5.92. The number of hydrogen-bond acceptors (Lipinski definition) is 6. The van der Waals surface area contributed by atoms with E-state index in [1.54, 1.807) is 6.21 Å². The van der Waals surface area contributed by atoms with Crippen LogP contribution >= 0.6 is 11.3 Å². The number of aromatic amines is 1. The van der Waals surface area contributed by atoms with E-state index in [0.717, 1.165) is 28.6 Å². The molecule has 3 rings (SSSR count). The van der Waals surface area contributed by atoms with Gasteiger partial charge in [-0.2, -0.15) is 5.10 Å². The highest BCUT2D eigenvalue weighted by Gasteiger charge is 2.11. The summed E-state index contributed by atoms with van der Waals surface area (Å²) in [6.07, 6.45) is 2.86. The first-order valence-corrected chi connectivity index (χ1v) is 9.40. The standard InChI is InChI=1S/C18H20N6O2S/c1-3-6-15(25)21-18-24-23-17(27-18)9-16(26)22-19-10-13-11(2)20-14-8-5-4-7-12(13)14/h4-5,7-8,10,20H,3,6,9H2,1-2H3,(H,22,26)(H,21,24,25)/b19-10-. The molecule has 0 bridgehead atoms. The number of nitrogens with one attached hydrogen (secondary N) is 3. The summed E-state index contributed by atoms with van der Waals surface area (Å²) in [5.41, 5.74) is 5.43. The Balaban J connectivity index is 1.57. The molecule has 2 aromatic heterocycles. The number of carbonyl (C=O) groups is 2. The number of H-pyrrole nitrogens is 1. The second kappa shape index (κ2) is 8.54. The van der Waals surface area contributed by atoms with Crippen molar-refractivity contribution in [2.24, 2.45) is 5.10 Å². The van der Waals surface area contributed by atoms with Crippen LogP contribution in [0.25, 0.3) is 10.9 Å². The first-order valence-electron chi connectivity index (χ1n) is 8.58. The molecule has 3 aromatic rings. The average Bonchev–Trinajstić information content (AvgIpc) is 3.19. The largest absolute Gasteiger partial charge is 0.358 e. The van der Waals surface area contributed by atoms with Gasteiger partial charge in [0.05, 0.1) is 12.6 Å². The van der Waals surface area contributed by atoms with E-state index in [2.05, 4.69) is 31.0 Å². The normalized spacial score (nSPS) is 11.2. The third-order valence-corrected chi connectivity index (χ3v) is 4.67. The number of hydrazone groups is 1. The molecule has 2 heterocycles. The maximum absolute atomic E-state index is 12.0. The third kappa shape index (κ3) is 4.76. The summed E-state index contributed by atoms with van der Waals surface area (Å²) in [6, 6.07) is 7.90. The number of anilines is 1. The van der Waals surface area contributed by atoms with Crippen molar-refractivity contribution in [1.29, 1.82) is 0 Å². The molecule has 0 radical (unpaired) electrons. The fourth-order valence-corrected chi connectivity index (χ4v) is 3.35. The zero-order chi connectivity index (χ0) is 19.2. The molecule has 0 aliphatic heterocycles. The van der Waals surface area contributed by atoms with Gasteiger partial charge in [0, 0.05) is 28.6 Å². The number of hydrogen-bond donors (Lipinski definition) is 3. The van der Waals surface area contributed by atoms with E-state index in [1.165, 1.54) is 11.3 Å². The lowest BCUT2D eigenvalue weighted by Gasteiger charge is -1.98. The molecule has 0 unspecified atom stereocenters. The van der Waals surface area contributed by atoms with E-state index in [1.807, 2.05) is 38.1 Å². The molecule has 140 valence electrons. The molecule has 0 saturated carbocycles. The molecular formula is C18H20N6O2S. The lowest BCUT2D eigenvalue weighted by molar-refractivity contribution is -0.120. The Morgan fingerprint density at radius 2 is 2.07 bits per heavy atom. The molecule has 0 spiro atoms. The number of amides is 2. The molecule has 0 aliphatic carbocycles. The summed E-state index contributed by atoms with van der Waals surface area (Å²) in [4.78, 5) is 26.9. The van der Waals surface area contributed by atoms with Crippen LogP contribution in [-0.2, 0) is 16.0 Å². The molecule has 2 amide bonds. The summed E-state index contributed by atoms with van der Waals surface area (Å²) in [5.74, 6) is -0.408. The van der Waals surface area contributed by atoms with E-state index in [-0.39, 0.29) is 18.2 Å². The highest BCUT2D eigenvalue weighted by atomic mass is 32.1. The number of nitrogens with zero attached hydrogens (tertiary/aromatic N) is 3. The molecule has 3 N–H and O–H groups in total. The minimum atomic E-state index is -0.300. The van der Waals surface area contributed by atoms with Gasteiger partial charge in [0.1, 0.15) is 5.01 Å². The van der Waals surface area contributed by atoms with Crippen LogP contribution in [0.4, 0.5) is 5.13 Å². The lowest BCUT2D eigenvalue weighted by Crippen LogP contribution is -2.19. The molecule has 0 aliphatic rings. The minimum absolute atomic E-state index is 0.0471. The predicted octanol–water partition coefficient (Wildman–Crippen LogP) is 2.76. The van der Waals surface area contributed by atoms with Gasteiger partial charge in [-0.1, -0.05) is 36.5 Å². The van der Waals surface area contributed by atoms with Crippen molar-refractivity contribution < 1.29 is 9.59 Å². The zero-order valence-corrected chi connectivity index (χ0v) is 15.9.